The fourth-order valence-corrected chi connectivity index (χ4v) is 4.14. The lowest BCUT2D eigenvalue weighted by molar-refractivity contribution is -0.122. The molecule has 0 saturated heterocycles. The van der Waals surface area contributed by atoms with Gasteiger partial charge in [0.15, 0.2) is 0 Å². The van der Waals surface area contributed by atoms with Crippen molar-refractivity contribution < 1.29 is 14.3 Å². The Morgan fingerprint density at radius 2 is 2.07 bits per heavy atom. The Labute approximate surface area is 173 Å². The molecular weight excluding hydrogens is 364 g/mol. The van der Waals surface area contributed by atoms with Gasteiger partial charge >= 0.3 is 0 Å². The van der Waals surface area contributed by atoms with Crippen LogP contribution < -0.4 is 14.8 Å². The van der Waals surface area contributed by atoms with Crippen LogP contribution in [0.2, 0.25) is 0 Å². The Kier molecular flexibility index (Phi) is 6.05. The minimum Gasteiger partial charge on any atom is -0.497 e. The molecule has 0 bridgehead atoms. The number of hydrogen-bond acceptors (Lipinski definition) is 4. The second kappa shape index (κ2) is 8.87. The van der Waals surface area contributed by atoms with E-state index in [0.717, 1.165) is 49.5 Å². The molecule has 1 saturated carbocycles. The summed E-state index contributed by atoms with van der Waals surface area (Å²) in [7, 11) is 1.68. The van der Waals surface area contributed by atoms with Crippen molar-refractivity contribution in [2.24, 2.45) is 5.92 Å². The maximum absolute atomic E-state index is 12.5. The third-order valence-corrected chi connectivity index (χ3v) is 5.95. The monoisotopic (exact) mass is 394 g/mol. The molecule has 0 unspecified atom stereocenters. The van der Waals surface area contributed by atoms with Gasteiger partial charge in [0.25, 0.3) is 0 Å². The summed E-state index contributed by atoms with van der Waals surface area (Å²) in [6.07, 6.45) is 2.07. The number of benzene rings is 2. The summed E-state index contributed by atoms with van der Waals surface area (Å²) in [4.78, 5) is 14.9. The summed E-state index contributed by atoms with van der Waals surface area (Å²) in [5.74, 6) is 2.47. The molecule has 1 amide bonds. The van der Waals surface area contributed by atoms with E-state index >= 15 is 0 Å². The summed E-state index contributed by atoms with van der Waals surface area (Å²) in [5.41, 5.74) is 2.41. The van der Waals surface area contributed by atoms with Crippen molar-refractivity contribution in [3.63, 3.8) is 0 Å². The van der Waals surface area contributed by atoms with E-state index in [-0.39, 0.29) is 17.9 Å². The molecule has 5 nitrogen and oxygen atoms in total. The Balaban J connectivity index is 1.31. The van der Waals surface area contributed by atoms with Gasteiger partial charge in [0, 0.05) is 37.7 Å². The molecule has 0 spiro atoms. The highest BCUT2D eigenvalue weighted by molar-refractivity contribution is 5.82. The fourth-order valence-electron chi connectivity index (χ4n) is 4.14. The molecule has 4 rings (SSSR count). The molecule has 1 fully saturated rings. The van der Waals surface area contributed by atoms with E-state index in [1.165, 1.54) is 5.56 Å². The number of carbonyl (C=O) groups is 1. The molecule has 2 aromatic carbocycles. The van der Waals surface area contributed by atoms with Crippen molar-refractivity contribution in [2.75, 3.05) is 26.7 Å². The van der Waals surface area contributed by atoms with Crippen molar-refractivity contribution in [3.05, 3.63) is 59.7 Å². The van der Waals surface area contributed by atoms with Gasteiger partial charge in [-0.1, -0.05) is 37.3 Å². The zero-order valence-electron chi connectivity index (χ0n) is 17.3. The van der Waals surface area contributed by atoms with E-state index in [1.807, 2.05) is 36.4 Å². The molecule has 0 aromatic heterocycles. The first-order chi connectivity index (χ1) is 14.2. The van der Waals surface area contributed by atoms with Gasteiger partial charge < -0.3 is 14.8 Å². The van der Waals surface area contributed by atoms with Gasteiger partial charge in [-0.2, -0.15) is 0 Å². The number of rotatable bonds is 7. The second-order valence-corrected chi connectivity index (χ2v) is 8.01. The molecule has 1 aliphatic carbocycles. The molecular formula is C24H30N2O3. The van der Waals surface area contributed by atoms with Crippen LogP contribution in [0.4, 0.5) is 0 Å². The number of methoxy groups -OCH3 is 1. The average Bonchev–Trinajstić information content (AvgIpc) is 3.57. The van der Waals surface area contributed by atoms with Gasteiger partial charge in [-0.15, -0.1) is 0 Å². The van der Waals surface area contributed by atoms with E-state index in [1.54, 1.807) is 7.11 Å². The minimum atomic E-state index is 0.123. The zero-order chi connectivity index (χ0) is 20.2. The van der Waals surface area contributed by atoms with E-state index < -0.39 is 0 Å². The fraction of sp³-hybridized carbons (Fsp3) is 0.458. The van der Waals surface area contributed by atoms with Gasteiger partial charge in [-0.05, 0) is 42.5 Å². The maximum atomic E-state index is 12.5. The molecule has 1 heterocycles. The molecule has 2 aliphatic rings. The minimum absolute atomic E-state index is 0.123. The number of fused-ring (bicyclic) bond motifs is 1. The van der Waals surface area contributed by atoms with Gasteiger partial charge in [0.05, 0.1) is 7.11 Å². The van der Waals surface area contributed by atoms with Crippen LogP contribution in [0.1, 0.15) is 36.8 Å². The first kappa shape index (κ1) is 19.8. The van der Waals surface area contributed by atoms with Crippen LogP contribution in [0.15, 0.2) is 48.5 Å². The van der Waals surface area contributed by atoms with E-state index in [4.69, 9.17) is 9.47 Å². The third kappa shape index (κ3) is 4.73. The van der Waals surface area contributed by atoms with Crippen molar-refractivity contribution in [1.82, 2.24) is 10.2 Å². The molecule has 5 heteroatoms. The summed E-state index contributed by atoms with van der Waals surface area (Å²) < 4.78 is 11.6. The highest BCUT2D eigenvalue weighted by atomic mass is 16.5. The number of nitrogens with one attached hydrogen (secondary N) is 1. The van der Waals surface area contributed by atoms with Crippen LogP contribution in [0, 0.1) is 5.92 Å². The molecule has 29 heavy (non-hydrogen) atoms. The molecule has 154 valence electrons. The lowest BCUT2D eigenvalue weighted by Gasteiger charge is -2.23. The topological polar surface area (TPSA) is 50.8 Å². The van der Waals surface area contributed by atoms with Crippen LogP contribution in [0.25, 0.3) is 0 Å². The molecule has 0 radical (unpaired) electrons. The van der Waals surface area contributed by atoms with E-state index in [9.17, 15) is 4.79 Å². The zero-order valence-corrected chi connectivity index (χ0v) is 17.3. The largest absolute Gasteiger partial charge is 0.497 e. The van der Waals surface area contributed by atoms with Crippen molar-refractivity contribution in [1.29, 1.82) is 0 Å². The normalized spacial score (nSPS) is 23.4. The molecule has 1 N–H and O–H groups in total. The lowest BCUT2D eigenvalue weighted by Crippen LogP contribution is -2.39. The SMILES string of the molecule is CC[C@@H]1CN(CCNC(=O)[C@@H]2C[C@H]2c2ccccc2)Cc2cc(OC)ccc2O1. The Bertz CT molecular complexity index is 839. The third-order valence-electron chi connectivity index (χ3n) is 5.95. The second-order valence-electron chi connectivity index (χ2n) is 8.01. The van der Waals surface area contributed by atoms with Crippen LogP contribution in [0.3, 0.4) is 0 Å². The first-order valence-corrected chi connectivity index (χ1v) is 10.6. The van der Waals surface area contributed by atoms with Crippen molar-refractivity contribution in [3.8, 4) is 11.5 Å². The van der Waals surface area contributed by atoms with Gasteiger partial charge in [0.1, 0.15) is 17.6 Å². The van der Waals surface area contributed by atoms with Crippen molar-refractivity contribution in [2.45, 2.75) is 38.3 Å². The van der Waals surface area contributed by atoms with Crippen molar-refractivity contribution >= 4 is 5.91 Å². The highest BCUT2D eigenvalue weighted by Crippen LogP contribution is 2.47. The lowest BCUT2D eigenvalue weighted by atomic mass is 10.1. The molecule has 2 aromatic rings. The van der Waals surface area contributed by atoms with E-state index in [0.29, 0.717) is 12.5 Å². The number of ether oxygens (including phenoxy) is 2. The molecule has 1 aliphatic heterocycles. The van der Waals surface area contributed by atoms with Gasteiger partial charge in [0.2, 0.25) is 5.91 Å². The quantitative estimate of drug-likeness (QED) is 0.780. The summed E-state index contributed by atoms with van der Waals surface area (Å²) in [5, 5.41) is 3.15. The number of amides is 1. The smallest absolute Gasteiger partial charge is 0.223 e. The van der Waals surface area contributed by atoms with Crippen LogP contribution in [-0.4, -0.2) is 43.7 Å². The Morgan fingerprint density at radius 1 is 1.24 bits per heavy atom. The predicted octanol–water partition coefficient (Wildman–Crippen LogP) is 3.59. The van der Waals surface area contributed by atoms with Crippen LogP contribution >= 0.6 is 0 Å². The summed E-state index contributed by atoms with van der Waals surface area (Å²) >= 11 is 0. The van der Waals surface area contributed by atoms with Gasteiger partial charge in [-0.3, -0.25) is 9.69 Å². The standard InChI is InChI=1S/C24H30N2O3/c1-3-19-16-26(15-18-13-20(28-2)9-10-23(18)29-19)12-11-25-24(27)22-14-21(22)17-7-5-4-6-8-17/h4-10,13,19,21-22H,3,11-12,14-16H2,1-2H3,(H,25,27)/t19-,21+,22-/m1/s1. The summed E-state index contributed by atoms with van der Waals surface area (Å²) in [6.45, 7) is 5.28. The van der Waals surface area contributed by atoms with Crippen LogP contribution in [-0.2, 0) is 11.3 Å². The average molecular weight is 395 g/mol. The first-order valence-electron chi connectivity index (χ1n) is 10.6. The van der Waals surface area contributed by atoms with Gasteiger partial charge in [-0.25, -0.2) is 0 Å². The van der Waals surface area contributed by atoms with E-state index in [2.05, 4.69) is 29.3 Å². The maximum Gasteiger partial charge on any atom is 0.223 e. The number of nitrogens with zero attached hydrogens (tertiary/aromatic N) is 1. The number of hydrogen-bond donors (Lipinski definition) is 1. The molecule has 3 atom stereocenters. The highest BCUT2D eigenvalue weighted by Gasteiger charge is 2.43. The number of carbonyl (C=O) groups excluding carboxylic acids is 1. The Morgan fingerprint density at radius 3 is 2.83 bits per heavy atom. The van der Waals surface area contributed by atoms with Crippen LogP contribution in [0.5, 0.6) is 11.5 Å². The Hall–Kier alpha value is -2.53. The summed E-state index contributed by atoms with van der Waals surface area (Å²) in [6, 6.07) is 16.3. The predicted molar refractivity (Wildman–Crippen MR) is 113 cm³/mol.